The van der Waals surface area contributed by atoms with Crippen LogP contribution < -0.4 is 10.6 Å². The second-order valence-electron chi connectivity index (χ2n) is 8.14. The molecule has 2 aliphatic rings. The molecule has 0 radical (unpaired) electrons. The molecule has 2 N–H and O–H groups in total. The lowest BCUT2D eigenvalue weighted by molar-refractivity contribution is -0.122. The molecule has 2 amide bonds. The van der Waals surface area contributed by atoms with Crippen LogP contribution in [0.1, 0.15) is 44.6 Å². The van der Waals surface area contributed by atoms with E-state index in [2.05, 4.69) is 20.6 Å². The average Bonchev–Trinajstić information content (AvgIpc) is 3.22. The van der Waals surface area contributed by atoms with Crippen LogP contribution in [0.15, 0.2) is 30.6 Å². The molecular weight excluding hydrogens is 354 g/mol. The van der Waals surface area contributed by atoms with Crippen molar-refractivity contribution in [2.24, 2.45) is 5.92 Å². The predicted octanol–water partition coefficient (Wildman–Crippen LogP) is 1.72. The number of hydrogen-bond donors (Lipinski definition) is 2. The van der Waals surface area contributed by atoms with Crippen molar-refractivity contribution in [3.05, 3.63) is 36.2 Å². The van der Waals surface area contributed by atoms with E-state index in [4.69, 9.17) is 0 Å². The molecule has 0 spiro atoms. The molecule has 1 saturated heterocycles. The lowest BCUT2D eigenvalue weighted by Crippen LogP contribution is -2.45. The van der Waals surface area contributed by atoms with Crippen LogP contribution >= 0.6 is 0 Å². The number of nitrogens with one attached hydrogen (secondary N) is 2. The molecule has 0 aromatic carbocycles. The van der Waals surface area contributed by atoms with E-state index in [0.29, 0.717) is 25.6 Å². The smallest absolute Gasteiger partial charge is 0.221 e. The summed E-state index contributed by atoms with van der Waals surface area (Å²) in [6.45, 7) is 3.81. The number of nitrogens with zero attached hydrogens (tertiary/aromatic N) is 3. The molecular formula is C21H29N5O2. The van der Waals surface area contributed by atoms with Gasteiger partial charge in [-0.3, -0.25) is 14.5 Å². The normalized spacial score (nSPS) is 22.5. The highest BCUT2D eigenvalue weighted by Gasteiger charge is 2.37. The summed E-state index contributed by atoms with van der Waals surface area (Å²) >= 11 is 0. The molecule has 2 aromatic heterocycles. The Hall–Kier alpha value is -2.41. The maximum absolute atomic E-state index is 12.6. The van der Waals surface area contributed by atoms with Gasteiger partial charge in [-0.05, 0) is 49.3 Å². The standard InChI is InChI=1S/C21H29N5O2/c1-15(27)22-13-19-7-6-18(25(19)14-16-4-5-16)11-21(28)23-12-17-3-2-10-26-20(17)8-9-24-26/h2-3,8-10,16,18-19H,4-7,11-14H2,1H3,(H,22,27)(H,23,28)/t18-,19+/m0/s1. The van der Waals surface area contributed by atoms with Crippen molar-refractivity contribution in [2.75, 3.05) is 13.1 Å². The molecule has 0 bridgehead atoms. The monoisotopic (exact) mass is 383 g/mol. The van der Waals surface area contributed by atoms with E-state index in [0.717, 1.165) is 36.4 Å². The Morgan fingerprint density at radius 2 is 1.96 bits per heavy atom. The third-order valence-electron chi connectivity index (χ3n) is 5.94. The number of hydrogen-bond acceptors (Lipinski definition) is 4. The number of aromatic nitrogens is 2. The van der Waals surface area contributed by atoms with E-state index in [1.165, 1.54) is 12.8 Å². The van der Waals surface area contributed by atoms with Gasteiger partial charge >= 0.3 is 0 Å². The zero-order valence-electron chi connectivity index (χ0n) is 16.4. The van der Waals surface area contributed by atoms with E-state index in [1.807, 2.05) is 28.9 Å². The molecule has 3 heterocycles. The quantitative estimate of drug-likeness (QED) is 0.728. The van der Waals surface area contributed by atoms with Crippen LogP contribution in [0.5, 0.6) is 0 Å². The molecule has 1 saturated carbocycles. The van der Waals surface area contributed by atoms with Crippen LogP contribution in [0.2, 0.25) is 0 Å². The van der Waals surface area contributed by atoms with E-state index < -0.39 is 0 Å². The number of pyridine rings is 1. The van der Waals surface area contributed by atoms with Crippen molar-refractivity contribution >= 4 is 17.3 Å². The Bertz CT molecular complexity index is 844. The van der Waals surface area contributed by atoms with Crippen molar-refractivity contribution < 1.29 is 9.59 Å². The van der Waals surface area contributed by atoms with Gasteiger partial charge in [0, 0.05) is 57.5 Å². The van der Waals surface area contributed by atoms with Crippen molar-refractivity contribution in [3.8, 4) is 0 Å². The zero-order chi connectivity index (χ0) is 19.5. The molecule has 1 aliphatic heterocycles. The average molecular weight is 383 g/mol. The first kappa shape index (κ1) is 18.9. The molecule has 2 fully saturated rings. The van der Waals surface area contributed by atoms with Crippen LogP contribution in [0.4, 0.5) is 0 Å². The zero-order valence-corrected chi connectivity index (χ0v) is 16.4. The lowest BCUT2D eigenvalue weighted by Gasteiger charge is -2.30. The van der Waals surface area contributed by atoms with Gasteiger partial charge in [-0.15, -0.1) is 0 Å². The maximum Gasteiger partial charge on any atom is 0.221 e. The number of likely N-dealkylation sites (tertiary alicyclic amines) is 1. The van der Waals surface area contributed by atoms with Gasteiger partial charge in [0.2, 0.25) is 11.8 Å². The fourth-order valence-electron chi connectivity index (χ4n) is 4.25. The number of carbonyl (C=O) groups is 2. The Morgan fingerprint density at radius 1 is 1.14 bits per heavy atom. The van der Waals surface area contributed by atoms with Crippen LogP contribution in [0, 0.1) is 5.92 Å². The third-order valence-corrected chi connectivity index (χ3v) is 5.94. The van der Waals surface area contributed by atoms with E-state index in [9.17, 15) is 9.59 Å². The molecule has 2 atom stereocenters. The summed E-state index contributed by atoms with van der Waals surface area (Å²) in [5.41, 5.74) is 2.09. The van der Waals surface area contributed by atoms with Gasteiger partial charge in [0.25, 0.3) is 0 Å². The minimum Gasteiger partial charge on any atom is -0.355 e. The lowest BCUT2D eigenvalue weighted by atomic mass is 10.1. The van der Waals surface area contributed by atoms with Gasteiger partial charge in [0.05, 0.1) is 5.52 Å². The Kier molecular flexibility index (Phi) is 5.62. The minimum absolute atomic E-state index is 0.0154. The summed E-state index contributed by atoms with van der Waals surface area (Å²) in [5, 5.41) is 10.3. The summed E-state index contributed by atoms with van der Waals surface area (Å²) in [4.78, 5) is 26.4. The van der Waals surface area contributed by atoms with Gasteiger partial charge in [0.1, 0.15) is 0 Å². The summed E-state index contributed by atoms with van der Waals surface area (Å²) in [7, 11) is 0. The highest BCUT2D eigenvalue weighted by molar-refractivity contribution is 5.77. The van der Waals surface area contributed by atoms with Crippen molar-refractivity contribution in [1.82, 2.24) is 25.1 Å². The summed E-state index contributed by atoms with van der Waals surface area (Å²) in [6, 6.07) is 6.55. The number of amides is 2. The topological polar surface area (TPSA) is 78.7 Å². The predicted molar refractivity (Wildman–Crippen MR) is 107 cm³/mol. The highest BCUT2D eigenvalue weighted by Crippen LogP contribution is 2.35. The Labute approximate surface area is 165 Å². The molecule has 1 aliphatic carbocycles. The van der Waals surface area contributed by atoms with Gasteiger partial charge in [-0.2, -0.15) is 5.10 Å². The minimum atomic E-state index is 0.0154. The SMILES string of the molecule is CC(=O)NC[C@H]1CC[C@@H](CC(=O)NCc2cccn3nccc23)N1CC1CC1. The molecule has 4 rings (SSSR count). The number of carbonyl (C=O) groups excluding carboxylic acids is 2. The molecule has 0 unspecified atom stereocenters. The van der Waals surface area contributed by atoms with Gasteiger partial charge in [-0.25, -0.2) is 4.52 Å². The molecule has 7 nitrogen and oxygen atoms in total. The Balaban J connectivity index is 1.33. The second-order valence-corrected chi connectivity index (χ2v) is 8.14. The third kappa shape index (κ3) is 4.52. The first-order valence-corrected chi connectivity index (χ1v) is 10.3. The second kappa shape index (κ2) is 8.31. The van der Waals surface area contributed by atoms with Gasteiger partial charge in [-0.1, -0.05) is 6.07 Å². The molecule has 150 valence electrons. The van der Waals surface area contributed by atoms with Crippen LogP contribution in [-0.4, -0.2) is 51.5 Å². The van der Waals surface area contributed by atoms with Gasteiger partial charge in [0.15, 0.2) is 0 Å². The van der Waals surface area contributed by atoms with Crippen LogP contribution in [0.3, 0.4) is 0 Å². The molecule has 2 aromatic rings. The molecule has 28 heavy (non-hydrogen) atoms. The first-order chi connectivity index (χ1) is 13.6. The summed E-state index contributed by atoms with van der Waals surface area (Å²) < 4.78 is 1.82. The van der Waals surface area contributed by atoms with E-state index in [1.54, 1.807) is 13.1 Å². The maximum atomic E-state index is 12.6. The molecule has 7 heteroatoms. The van der Waals surface area contributed by atoms with Crippen molar-refractivity contribution in [1.29, 1.82) is 0 Å². The van der Waals surface area contributed by atoms with Crippen LogP contribution in [0.25, 0.3) is 5.52 Å². The summed E-state index contributed by atoms with van der Waals surface area (Å²) in [6.07, 6.45) is 8.83. The van der Waals surface area contributed by atoms with Crippen molar-refractivity contribution in [3.63, 3.8) is 0 Å². The fraction of sp³-hybridized carbons (Fsp3) is 0.571. The number of rotatable bonds is 8. The highest BCUT2D eigenvalue weighted by atomic mass is 16.2. The largest absolute Gasteiger partial charge is 0.355 e. The Morgan fingerprint density at radius 3 is 2.75 bits per heavy atom. The van der Waals surface area contributed by atoms with Crippen molar-refractivity contribution in [2.45, 2.75) is 57.7 Å². The van der Waals surface area contributed by atoms with Crippen LogP contribution in [-0.2, 0) is 16.1 Å². The van der Waals surface area contributed by atoms with Gasteiger partial charge < -0.3 is 10.6 Å². The fourth-order valence-corrected chi connectivity index (χ4v) is 4.25. The van der Waals surface area contributed by atoms with E-state index in [-0.39, 0.29) is 17.9 Å². The first-order valence-electron chi connectivity index (χ1n) is 10.3. The number of fused-ring (bicyclic) bond motifs is 1. The summed E-state index contributed by atoms with van der Waals surface area (Å²) in [5.74, 6) is 0.872. The van der Waals surface area contributed by atoms with E-state index >= 15 is 0 Å².